The predicted octanol–water partition coefficient (Wildman–Crippen LogP) is 3.11. The molecule has 0 saturated carbocycles. The van der Waals surface area contributed by atoms with Crippen molar-refractivity contribution in [2.75, 3.05) is 12.8 Å². The first-order valence-electron chi connectivity index (χ1n) is 12.4. The summed E-state index contributed by atoms with van der Waals surface area (Å²) in [7, 11) is 1.37. The number of esters is 1. The number of hydrogen-bond donors (Lipinski definition) is 2. The molecule has 0 radical (unpaired) electrons. The van der Waals surface area contributed by atoms with E-state index in [1.54, 1.807) is 30.3 Å². The fourth-order valence-electron chi connectivity index (χ4n) is 4.04. The van der Waals surface area contributed by atoms with Crippen LogP contribution in [0.2, 0.25) is 0 Å². The summed E-state index contributed by atoms with van der Waals surface area (Å²) in [4.78, 5) is 36.5. The first-order valence-corrected chi connectivity index (χ1v) is 12.4. The molecule has 16 heteroatoms. The average Bonchev–Trinajstić information content (AvgIpc) is 3.64. The maximum Gasteiger partial charge on any atom is 0.344 e. The first kappa shape index (κ1) is 28.1. The van der Waals surface area contributed by atoms with Crippen LogP contribution in [0.15, 0.2) is 76.5 Å². The normalized spacial score (nSPS) is 10.9. The number of benzene rings is 3. The number of methoxy groups -OCH3 is 1. The molecule has 0 saturated heterocycles. The number of carbonyl (C=O) groups excluding carboxylic acids is 2. The second-order valence-corrected chi connectivity index (χ2v) is 8.74. The van der Waals surface area contributed by atoms with Gasteiger partial charge in [-0.3, -0.25) is 14.9 Å². The lowest BCUT2D eigenvalue weighted by Gasteiger charge is -2.11. The highest BCUT2D eigenvalue weighted by Gasteiger charge is 2.25. The van der Waals surface area contributed by atoms with Gasteiger partial charge in [0.1, 0.15) is 5.69 Å². The number of anilines is 1. The highest BCUT2D eigenvalue weighted by atomic mass is 16.6. The van der Waals surface area contributed by atoms with E-state index in [1.165, 1.54) is 55.3 Å². The van der Waals surface area contributed by atoms with E-state index in [4.69, 9.17) is 15.2 Å². The van der Waals surface area contributed by atoms with Crippen LogP contribution in [0.4, 0.5) is 11.5 Å². The SMILES string of the molecule is COc1cc(/C=N\NC(=O)c2nnn(-c3nonc3N)c2-c2ccccc2)ccc1OC(=O)c1cccc([N+](=O)[O-])c1C. The fourth-order valence-corrected chi connectivity index (χ4v) is 4.04. The zero-order valence-electron chi connectivity index (χ0n) is 22.5. The average molecular weight is 584 g/mol. The minimum Gasteiger partial charge on any atom is -0.493 e. The van der Waals surface area contributed by atoms with Gasteiger partial charge in [-0.05, 0) is 47.1 Å². The van der Waals surface area contributed by atoms with Crippen molar-refractivity contribution in [1.29, 1.82) is 0 Å². The van der Waals surface area contributed by atoms with E-state index in [2.05, 4.69) is 35.8 Å². The third-order valence-corrected chi connectivity index (χ3v) is 6.12. The van der Waals surface area contributed by atoms with Gasteiger partial charge in [0.2, 0.25) is 11.6 Å². The molecule has 0 atom stereocenters. The third-order valence-electron chi connectivity index (χ3n) is 6.12. The Kier molecular flexibility index (Phi) is 7.82. The van der Waals surface area contributed by atoms with Crippen LogP contribution in [0.25, 0.3) is 17.1 Å². The van der Waals surface area contributed by atoms with Gasteiger partial charge in [0.15, 0.2) is 17.2 Å². The van der Waals surface area contributed by atoms with Crippen molar-refractivity contribution < 1.29 is 28.6 Å². The number of hydrogen-bond acceptors (Lipinski definition) is 13. The quantitative estimate of drug-likeness (QED) is 0.0841. The van der Waals surface area contributed by atoms with Gasteiger partial charge in [-0.15, -0.1) is 5.10 Å². The maximum atomic E-state index is 13.1. The summed E-state index contributed by atoms with van der Waals surface area (Å²) in [6, 6.07) is 17.5. The van der Waals surface area contributed by atoms with Crippen molar-refractivity contribution in [3.8, 4) is 28.6 Å². The molecule has 5 rings (SSSR count). The summed E-state index contributed by atoms with van der Waals surface area (Å²) >= 11 is 0. The summed E-state index contributed by atoms with van der Waals surface area (Å²) in [5, 5.41) is 30.5. The van der Waals surface area contributed by atoms with Gasteiger partial charge in [-0.25, -0.2) is 14.8 Å². The van der Waals surface area contributed by atoms with E-state index < -0.39 is 16.8 Å². The minimum atomic E-state index is -0.793. The lowest BCUT2D eigenvalue weighted by molar-refractivity contribution is -0.385. The molecule has 216 valence electrons. The largest absolute Gasteiger partial charge is 0.493 e. The van der Waals surface area contributed by atoms with E-state index in [0.717, 1.165) is 0 Å². The Morgan fingerprint density at radius 1 is 1.09 bits per heavy atom. The Morgan fingerprint density at radius 3 is 2.58 bits per heavy atom. The van der Waals surface area contributed by atoms with E-state index in [1.807, 2.05) is 6.07 Å². The molecule has 0 aliphatic heterocycles. The molecule has 43 heavy (non-hydrogen) atoms. The number of nitrogens with one attached hydrogen (secondary N) is 1. The first-order chi connectivity index (χ1) is 20.8. The molecular formula is C27H21N9O7. The van der Waals surface area contributed by atoms with Crippen LogP contribution < -0.4 is 20.6 Å². The van der Waals surface area contributed by atoms with Crippen LogP contribution in [0.1, 0.15) is 32.0 Å². The van der Waals surface area contributed by atoms with Crippen molar-refractivity contribution in [2.24, 2.45) is 5.10 Å². The molecule has 0 aliphatic carbocycles. The monoisotopic (exact) mass is 583 g/mol. The lowest BCUT2D eigenvalue weighted by Crippen LogP contribution is -2.19. The van der Waals surface area contributed by atoms with Crippen LogP contribution in [-0.4, -0.2) is 55.4 Å². The zero-order valence-corrected chi connectivity index (χ0v) is 22.5. The van der Waals surface area contributed by atoms with Crippen molar-refractivity contribution in [2.45, 2.75) is 6.92 Å². The van der Waals surface area contributed by atoms with Crippen LogP contribution >= 0.6 is 0 Å². The van der Waals surface area contributed by atoms with Gasteiger partial charge in [0.05, 0.1) is 23.8 Å². The van der Waals surface area contributed by atoms with E-state index in [0.29, 0.717) is 11.1 Å². The molecule has 2 aromatic heterocycles. The molecule has 0 bridgehead atoms. The molecule has 3 aromatic carbocycles. The van der Waals surface area contributed by atoms with Gasteiger partial charge in [-0.1, -0.05) is 41.6 Å². The number of nitrogen functional groups attached to an aromatic ring is 1. The molecule has 5 aromatic rings. The van der Waals surface area contributed by atoms with Crippen LogP contribution in [0.5, 0.6) is 11.5 Å². The van der Waals surface area contributed by atoms with E-state index in [9.17, 15) is 19.7 Å². The van der Waals surface area contributed by atoms with E-state index in [-0.39, 0.29) is 51.3 Å². The lowest BCUT2D eigenvalue weighted by atomic mass is 10.1. The molecule has 2 heterocycles. The number of aromatic nitrogens is 5. The Hall–Kier alpha value is -6.45. The molecule has 0 spiro atoms. The summed E-state index contributed by atoms with van der Waals surface area (Å²) in [6.07, 6.45) is 1.34. The van der Waals surface area contributed by atoms with Gasteiger partial charge in [0, 0.05) is 17.2 Å². The van der Waals surface area contributed by atoms with Crippen molar-refractivity contribution in [3.63, 3.8) is 0 Å². The van der Waals surface area contributed by atoms with E-state index >= 15 is 0 Å². The number of nitro groups is 1. The maximum absolute atomic E-state index is 13.1. The van der Waals surface area contributed by atoms with Crippen molar-refractivity contribution in [1.82, 2.24) is 30.7 Å². The molecular weight excluding hydrogens is 562 g/mol. The molecule has 0 fully saturated rings. The number of amides is 1. The standard InChI is InChI=1S/C27H21N9O7/c1-15-18(9-6-10-19(15)36(39)40)27(38)42-20-12-11-16(13-21(20)41-2)14-29-31-26(37)22-23(17-7-4-3-5-8-17)35(34-30-22)25-24(28)32-43-33-25/h3-14H,1-2H3,(H2,28,32)(H,31,37)/b29-14-. The number of nitrogens with zero attached hydrogens (tertiary/aromatic N) is 7. The third kappa shape index (κ3) is 5.73. The fraction of sp³-hybridized carbons (Fsp3) is 0.0741. The summed E-state index contributed by atoms with van der Waals surface area (Å²) in [6.45, 7) is 1.46. The number of ether oxygens (including phenoxy) is 2. The number of carbonyl (C=O) groups is 2. The Bertz CT molecular complexity index is 1870. The molecule has 0 unspecified atom stereocenters. The number of hydrazone groups is 1. The number of nitrogens with two attached hydrogens (primary N) is 1. The minimum absolute atomic E-state index is 0.0407. The Labute approximate surface area is 241 Å². The van der Waals surface area contributed by atoms with Crippen molar-refractivity contribution >= 4 is 29.6 Å². The van der Waals surface area contributed by atoms with Gasteiger partial charge < -0.3 is 15.2 Å². The Balaban J connectivity index is 1.34. The van der Waals surface area contributed by atoms with Gasteiger partial charge in [-0.2, -0.15) is 9.78 Å². The topological polar surface area (TPSA) is 216 Å². The zero-order chi connectivity index (χ0) is 30.5. The highest BCUT2D eigenvalue weighted by Crippen LogP contribution is 2.30. The second-order valence-electron chi connectivity index (χ2n) is 8.74. The highest BCUT2D eigenvalue weighted by molar-refractivity contribution is 5.99. The van der Waals surface area contributed by atoms with Crippen LogP contribution in [0.3, 0.4) is 0 Å². The summed E-state index contributed by atoms with van der Waals surface area (Å²) < 4.78 is 16.7. The van der Waals surface area contributed by atoms with Gasteiger partial charge in [0.25, 0.3) is 11.6 Å². The predicted molar refractivity (Wildman–Crippen MR) is 150 cm³/mol. The number of rotatable bonds is 9. The molecule has 16 nitrogen and oxygen atoms in total. The van der Waals surface area contributed by atoms with Gasteiger partial charge >= 0.3 is 5.97 Å². The number of nitro benzene ring substituents is 1. The molecule has 3 N–H and O–H groups in total. The van der Waals surface area contributed by atoms with Crippen molar-refractivity contribution in [3.05, 3.63) is 99.2 Å². The van der Waals surface area contributed by atoms with Crippen LogP contribution in [-0.2, 0) is 0 Å². The molecule has 1 amide bonds. The molecule has 0 aliphatic rings. The summed E-state index contributed by atoms with van der Waals surface area (Å²) in [5.74, 6) is -1.21. The summed E-state index contributed by atoms with van der Waals surface area (Å²) in [5.41, 5.74) is 9.53. The Morgan fingerprint density at radius 2 is 1.88 bits per heavy atom. The van der Waals surface area contributed by atoms with Crippen LogP contribution in [0, 0.1) is 17.0 Å². The smallest absolute Gasteiger partial charge is 0.344 e. The second kappa shape index (κ2) is 12.0.